The first kappa shape index (κ1) is 18.3. The molecule has 2 N–H and O–H groups in total. The Morgan fingerprint density at radius 3 is 1.24 bits per heavy atom. The zero-order valence-corrected chi connectivity index (χ0v) is 13.9. The summed E-state index contributed by atoms with van der Waals surface area (Å²) in [5.41, 5.74) is 0. The summed E-state index contributed by atoms with van der Waals surface area (Å²) in [4.78, 5) is 38.4. The molecule has 0 aromatic rings. The summed E-state index contributed by atoms with van der Waals surface area (Å²) in [6, 6.07) is 0. The van der Waals surface area contributed by atoms with E-state index >= 15 is 0 Å². The quantitative estimate of drug-likeness (QED) is 0.424. The SMILES string of the molecule is O=C(O)CN1CCN(CC(=O)O)CCN(CC(=O)I)CC1. The lowest BCUT2D eigenvalue weighted by Gasteiger charge is -2.23. The fourth-order valence-corrected chi connectivity index (χ4v) is 2.70. The molecule has 1 saturated heterocycles. The van der Waals surface area contributed by atoms with Crippen LogP contribution in [0.1, 0.15) is 0 Å². The number of carbonyl (C=O) groups is 3. The molecule has 0 atom stereocenters. The Morgan fingerprint density at radius 2 is 1.00 bits per heavy atom. The molecular weight excluding hydrogens is 393 g/mol. The molecule has 0 radical (unpaired) electrons. The van der Waals surface area contributed by atoms with E-state index in [1.54, 1.807) is 32.4 Å². The summed E-state index contributed by atoms with van der Waals surface area (Å²) >= 11 is 1.73. The smallest absolute Gasteiger partial charge is 0.317 e. The van der Waals surface area contributed by atoms with Gasteiger partial charge in [0.25, 0.3) is 0 Å². The second kappa shape index (κ2) is 9.28. The number of halogens is 1. The van der Waals surface area contributed by atoms with Crippen LogP contribution in [0.2, 0.25) is 0 Å². The molecule has 1 aliphatic rings. The molecule has 0 aromatic heterocycles. The topological polar surface area (TPSA) is 101 Å². The maximum atomic E-state index is 11.2. The van der Waals surface area contributed by atoms with Crippen molar-refractivity contribution in [3.63, 3.8) is 0 Å². The highest BCUT2D eigenvalue weighted by molar-refractivity contribution is 14.1. The van der Waals surface area contributed by atoms with Gasteiger partial charge >= 0.3 is 11.9 Å². The van der Waals surface area contributed by atoms with E-state index in [-0.39, 0.29) is 16.9 Å². The molecule has 1 heterocycles. The number of carboxylic acids is 2. The number of hydrogen-bond acceptors (Lipinski definition) is 6. The van der Waals surface area contributed by atoms with E-state index in [1.807, 2.05) is 4.90 Å². The lowest BCUT2D eigenvalue weighted by Crippen LogP contribution is -2.40. The first-order valence-corrected chi connectivity index (χ1v) is 7.73. The van der Waals surface area contributed by atoms with Gasteiger partial charge in [0.15, 0.2) is 0 Å². The van der Waals surface area contributed by atoms with Crippen LogP contribution in [0.15, 0.2) is 0 Å². The van der Waals surface area contributed by atoms with E-state index in [0.29, 0.717) is 45.8 Å². The Bertz CT molecular complexity index is 324. The number of carbonyl (C=O) groups excluding carboxylic acids is 1. The van der Waals surface area contributed by atoms with Crippen molar-refractivity contribution in [3.05, 3.63) is 0 Å². The lowest BCUT2D eigenvalue weighted by molar-refractivity contribution is -0.140. The van der Waals surface area contributed by atoms with Crippen LogP contribution in [-0.4, -0.2) is 99.5 Å². The predicted octanol–water partition coefficient (Wildman–Crippen LogP) is -0.963. The minimum atomic E-state index is -0.907. The van der Waals surface area contributed by atoms with E-state index in [4.69, 9.17) is 10.2 Å². The minimum absolute atomic E-state index is 0.0152. The standard InChI is InChI=1S/C12H20IN3O5/c13-10(17)7-14-1-3-15(8-11(18)19)5-6-16(4-2-14)9-12(20)21/h1-9H2,(H,18,19)(H,20,21). The monoisotopic (exact) mass is 413 g/mol. The molecule has 21 heavy (non-hydrogen) atoms. The second-order valence-electron chi connectivity index (χ2n) is 4.97. The Balaban J connectivity index is 2.68. The third kappa shape index (κ3) is 8.29. The molecule has 9 heteroatoms. The highest BCUT2D eigenvalue weighted by atomic mass is 127. The Labute approximate surface area is 136 Å². The normalized spacial score (nSPS) is 19.5. The van der Waals surface area contributed by atoms with Crippen molar-refractivity contribution in [1.82, 2.24) is 14.7 Å². The van der Waals surface area contributed by atoms with E-state index < -0.39 is 11.9 Å². The van der Waals surface area contributed by atoms with Crippen molar-refractivity contribution in [2.75, 3.05) is 58.9 Å². The van der Waals surface area contributed by atoms with Gasteiger partial charge in [-0.2, -0.15) is 0 Å². The summed E-state index contributed by atoms with van der Waals surface area (Å²) in [6.45, 7) is 3.46. The third-order valence-electron chi connectivity index (χ3n) is 3.26. The van der Waals surface area contributed by atoms with Gasteiger partial charge in [0.1, 0.15) is 0 Å². The highest BCUT2D eigenvalue weighted by Crippen LogP contribution is 2.02. The van der Waals surface area contributed by atoms with Crippen LogP contribution in [0, 0.1) is 0 Å². The van der Waals surface area contributed by atoms with Crippen molar-refractivity contribution in [1.29, 1.82) is 0 Å². The van der Waals surface area contributed by atoms with Gasteiger partial charge in [-0.25, -0.2) is 0 Å². The second-order valence-corrected chi connectivity index (χ2v) is 6.17. The summed E-state index contributed by atoms with van der Waals surface area (Å²) < 4.78 is 0.0152. The first-order chi connectivity index (χ1) is 9.86. The molecule has 0 bridgehead atoms. The van der Waals surface area contributed by atoms with Crippen LogP contribution in [0.25, 0.3) is 0 Å². The summed E-state index contributed by atoms with van der Waals surface area (Å²) in [6.07, 6.45) is 0. The largest absolute Gasteiger partial charge is 0.480 e. The Kier molecular flexibility index (Phi) is 8.07. The van der Waals surface area contributed by atoms with E-state index in [9.17, 15) is 14.4 Å². The van der Waals surface area contributed by atoms with Gasteiger partial charge in [-0.15, -0.1) is 0 Å². The molecule has 0 aliphatic carbocycles. The van der Waals surface area contributed by atoms with Crippen LogP contribution in [0.3, 0.4) is 0 Å². The predicted molar refractivity (Wildman–Crippen MR) is 83.6 cm³/mol. The van der Waals surface area contributed by atoms with E-state index in [1.165, 1.54) is 0 Å². The fraction of sp³-hybridized carbons (Fsp3) is 0.750. The number of nitrogens with zero attached hydrogens (tertiary/aromatic N) is 3. The molecule has 0 saturated carbocycles. The molecule has 1 fully saturated rings. The van der Waals surface area contributed by atoms with Crippen LogP contribution in [-0.2, 0) is 14.4 Å². The average Bonchev–Trinajstić information content (AvgIpc) is 2.42. The molecular formula is C12H20IN3O5. The number of carboxylic acid groups (broad SMARTS) is 2. The molecule has 120 valence electrons. The summed E-state index contributed by atoms with van der Waals surface area (Å²) in [5, 5.41) is 17.8. The maximum Gasteiger partial charge on any atom is 0.317 e. The van der Waals surface area contributed by atoms with Crippen LogP contribution in [0.5, 0.6) is 0 Å². The van der Waals surface area contributed by atoms with Crippen molar-refractivity contribution < 1.29 is 24.6 Å². The molecule has 1 aliphatic heterocycles. The Morgan fingerprint density at radius 1 is 0.714 bits per heavy atom. The molecule has 0 aromatic carbocycles. The van der Waals surface area contributed by atoms with Gasteiger partial charge in [0, 0.05) is 61.9 Å². The zero-order valence-electron chi connectivity index (χ0n) is 11.7. The maximum absolute atomic E-state index is 11.2. The molecule has 0 unspecified atom stereocenters. The number of hydrogen-bond donors (Lipinski definition) is 2. The fourth-order valence-electron chi connectivity index (χ4n) is 2.22. The van der Waals surface area contributed by atoms with Gasteiger partial charge < -0.3 is 10.2 Å². The van der Waals surface area contributed by atoms with Gasteiger partial charge in [0.2, 0.25) is 3.79 Å². The minimum Gasteiger partial charge on any atom is -0.480 e. The zero-order chi connectivity index (χ0) is 15.8. The van der Waals surface area contributed by atoms with Crippen molar-refractivity contribution >= 4 is 38.3 Å². The van der Waals surface area contributed by atoms with Crippen LogP contribution < -0.4 is 0 Å². The van der Waals surface area contributed by atoms with Crippen molar-refractivity contribution in [2.45, 2.75) is 0 Å². The number of aliphatic carboxylic acids is 2. The molecule has 0 spiro atoms. The molecule has 8 nitrogen and oxygen atoms in total. The van der Waals surface area contributed by atoms with Crippen LogP contribution >= 0.6 is 22.6 Å². The van der Waals surface area contributed by atoms with E-state index in [2.05, 4.69) is 0 Å². The number of rotatable bonds is 6. The molecule has 0 amide bonds. The van der Waals surface area contributed by atoms with Gasteiger partial charge in [-0.1, -0.05) is 0 Å². The van der Waals surface area contributed by atoms with Crippen molar-refractivity contribution in [3.8, 4) is 0 Å². The average molecular weight is 413 g/mol. The molecule has 1 rings (SSSR count). The van der Waals surface area contributed by atoms with Crippen LogP contribution in [0.4, 0.5) is 0 Å². The Hall–Kier alpha value is -0.780. The van der Waals surface area contributed by atoms with Gasteiger partial charge in [0.05, 0.1) is 19.6 Å². The van der Waals surface area contributed by atoms with E-state index in [0.717, 1.165) is 0 Å². The summed E-state index contributed by atoms with van der Waals surface area (Å²) in [7, 11) is 0. The van der Waals surface area contributed by atoms with Gasteiger partial charge in [-0.05, 0) is 0 Å². The summed E-state index contributed by atoms with van der Waals surface area (Å²) in [5.74, 6) is -1.81. The highest BCUT2D eigenvalue weighted by Gasteiger charge is 2.19. The van der Waals surface area contributed by atoms with Crippen molar-refractivity contribution in [2.24, 2.45) is 0 Å². The third-order valence-corrected chi connectivity index (χ3v) is 3.60. The first-order valence-electron chi connectivity index (χ1n) is 6.66. The lowest BCUT2D eigenvalue weighted by atomic mass is 10.4. The van der Waals surface area contributed by atoms with Gasteiger partial charge in [-0.3, -0.25) is 29.1 Å².